The van der Waals surface area contributed by atoms with Gasteiger partial charge in [-0.3, -0.25) is 4.79 Å². The van der Waals surface area contributed by atoms with Crippen molar-refractivity contribution in [2.75, 3.05) is 12.0 Å². The van der Waals surface area contributed by atoms with Crippen LogP contribution in [0.1, 0.15) is 29.8 Å². The van der Waals surface area contributed by atoms with Crippen LogP contribution in [0.3, 0.4) is 0 Å². The van der Waals surface area contributed by atoms with E-state index in [0.29, 0.717) is 22.9 Å². The quantitative estimate of drug-likeness (QED) is 0.255. The van der Waals surface area contributed by atoms with Gasteiger partial charge in [0, 0.05) is 16.5 Å². The summed E-state index contributed by atoms with van der Waals surface area (Å²) in [6.07, 6.45) is 0. The second-order valence-electron chi connectivity index (χ2n) is 9.01. The number of hydrogen-bond donors (Lipinski definition) is 2. The molecular weight excluding hydrogens is 505 g/mol. The molecule has 4 rings (SSSR count). The van der Waals surface area contributed by atoms with E-state index in [9.17, 15) is 19.1 Å². The molecule has 1 atom stereocenters. The molecule has 0 radical (unpaired) electrons. The summed E-state index contributed by atoms with van der Waals surface area (Å²) in [5, 5.41) is 14.5. The lowest BCUT2D eigenvalue weighted by Gasteiger charge is -2.23. The van der Waals surface area contributed by atoms with Gasteiger partial charge in [0.25, 0.3) is 5.91 Å². The maximum atomic E-state index is 14.9. The molecule has 0 saturated carbocycles. The molecule has 0 bridgehead atoms. The van der Waals surface area contributed by atoms with Gasteiger partial charge >= 0.3 is 5.97 Å². The monoisotopic (exact) mass is 533 g/mol. The van der Waals surface area contributed by atoms with E-state index in [4.69, 9.17) is 9.72 Å². The number of aromatic nitrogens is 1. The van der Waals surface area contributed by atoms with E-state index in [1.807, 2.05) is 29.6 Å². The van der Waals surface area contributed by atoms with Crippen LogP contribution < -0.4 is 15.0 Å². The summed E-state index contributed by atoms with van der Waals surface area (Å²) in [5.74, 6) is -1.43. The smallest absolute Gasteiger partial charge is 0.326 e. The highest BCUT2D eigenvalue weighted by atomic mass is 32.1. The lowest BCUT2D eigenvalue weighted by Crippen LogP contribution is -2.44. The number of carbonyl (C=O) groups is 2. The third kappa shape index (κ3) is 6.18. The van der Waals surface area contributed by atoms with Crippen molar-refractivity contribution in [2.45, 2.75) is 26.4 Å². The number of para-hydroxylation sites is 1. The van der Waals surface area contributed by atoms with E-state index >= 15 is 0 Å². The van der Waals surface area contributed by atoms with Crippen molar-refractivity contribution in [3.05, 3.63) is 95.1 Å². The first-order valence-corrected chi connectivity index (χ1v) is 12.9. The van der Waals surface area contributed by atoms with Crippen LogP contribution in [0.2, 0.25) is 0 Å². The summed E-state index contributed by atoms with van der Waals surface area (Å²) in [5.41, 5.74) is 3.22. The van der Waals surface area contributed by atoms with Gasteiger partial charge in [-0.15, -0.1) is 11.3 Å². The molecule has 1 heterocycles. The molecule has 0 aliphatic heterocycles. The fraction of sp³-hybridized carbons (Fsp3) is 0.207. The van der Waals surface area contributed by atoms with Crippen molar-refractivity contribution in [3.8, 4) is 17.0 Å². The summed E-state index contributed by atoms with van der Waals surface area (Å²) in [6.45, 7) is 3.78. The minimum Gasteiger partial charge on any atom is -0.497 e. The highest BCUT2D eigenvalue weighted by molar-refractivity contribution is 7.14. The van der Waals surface area contributed by atoms with E-state index in [2.05, 4.69) is 5.32 Å². The topological polar surface area (TPSA) is 91.8 Å². The van der Waals surface area contributed by atoms with Crippen LogP contribution in [-0.4, -0.2) is 35.1 Å². The molecular formula is C29H28FN3O4S. The van der Waals surface area contributed by atoms with Gasteiger partial charge in [-0.05, 0) is 60.0 Å². The number of nitrogens with one attached hydrogen (secondary N) is 1. The first-order valence-electron chi connectivity index (χ1n) is 12.0. The second kappa shape index (κ2) is 11.9. The highest BCUT2D eigenvalue weighted by Crippen LogP contribution is 2.35. The Kier molecular flexibility index (Phi) is 8.38. The Bertz CT molecular complexity index is 1400. The highest BCUT2D eigenvalue weighted by Gasteiger charge is 2.24. The molecule has 196 valence electrons. The minimum absolute atomic E-state index is 0.258. The number of ether oxygens (including phenoxy) is 1. The molecule has 38 heavy (non-hydrogen) atoms. The van der Waals surface area contributed by atoms with Crippen LogP contribution in [-0.2, 0) is 11.3 Å². The molecule has 7 nitrogen and oxygen atoms in total. The lowest BCUT2D eigenvalue weighted by atomic mass is 10.0. The van der Waals surface area contributed by atoms with Crippen LogP contribution in [0.5, 0.6) is 5.75 Å². The Hall–Kier alpha value is -4.24. The molecule has 9 heteroatoms. The number of anilines is 2. The minimum atomic E-state index is -1.08. The van der Waals surface area contributed by atoms with Gasteiger partial charge in [0.05, 0.1) is 25.0 Å². The molecule has 0 aliphatic carbocycles. The average molecular weight is 534 g/mol. The van der Waals surface area contributed by atoms with Crippen LogP contribution in [0.15, 0.2) is 78.2 Å². The molecule has 0 fully saturated rings. The number of thiazole rings is 1. The summed E-state index contributed by atoms with van der Waals surface area (Å²) in [7, 11) is 1.61. The van der Waals surface area contributed by atoms with E-state index in [1.54, 1.807) is 68.3 Å². The molecule has 0 saturated heterocycles. The Labute approximate surface area is 224 Å². The number of carbonyl (C=O) groups excluding carboxylic acids is 1. The first-order chi connectivity index (χ1) is 18.3. The van der Waals surface area contributed by atoms with E-state index in [-0.39, 0.29) is 11.7 Å². The zero-order valence-corrected chi connectivity index (χ0v) is 22.0. The van der Waals surface area contributed by atoms with Gasteiger partial charge in [-0.25, -0.2) is 14.2 Å². The molecule has 0 aliphatic rings. The summed E-state index contributed by atoms with van der Waals surface area (Å²) in [6, 6.07) is 19.9. The molecule has 3 aromatic carbocycles. The number of rotatable bonds is 10. The standard InChI is InChI=1S/C29H28FN3O4S/c1-18(2)26(28(35)36)32-27(34)21-10-8-19(9-11-21)16-33(25-7-5-4-6-23(25)30)29-31-24(17-38-29)20-12-14-22(37-3)15-13-20/h4-15,17-18,26H,16H2,1-3H3,(H,32,34)(H,35,36). The molecule has 1 amide bonds. The van der Waals surface area contributed by atoms with Crippen LogP contribution in [0.25, 0.3) is 11.3 Å². The Morgan fingerprint density at radius 2 is 1.74 bits per heavy atom. The molecule has 1 aromatic heterocycles. The number of halogens is 1. The molecule has 0 spiro atoms. The number of amides is 1. The third-order valence-electron chi connectivity index (χ3n) is 6.03. The van der Waals surface area contributed by atoms with E-state index in [1.165, 1.54) is 17.4 Å². The SMILES string of the molecule is COc1ccc(-c2csc(N(Cc3ccc(C(=O)NC(C(=O)O)C(C)C)cc3)c3ccccc3F)n2)cc1. The molecule has 2 N–H and O–H groups in total. The van der Waals surface area contributed by atoms with Crippen molar-refractivity contribution in [2.24, 2.45) is 5.92 Å². The summed E-state index contributed by atoms with van der Waals surface area (Å²) < 4.78 is 20.1. The molecule has 1 unspecified atom stereocenters. The zero-order valence-electron chi connectivity index (χ0n) is 21.2. The van der Waals surface area contributed by atoms with Crippen LogP contribution in [0.4, 0.5) is 15.2 Å². The fourth-order valence-electron chi connectivity index (χ4n) is 3.89. The van der Waals surface area contributed by atoms with Gasteiger partial charge in [0.15, 0.2) is 5.13 Å². The van der Waals surface area contributed by atoms with Gasteiger partial charge in [0.2, 0.25) is 0 Å². The summed E-state index contributed by atoms with van der Waals surface area (Å²) >= 11 is 1.40. The van der Waals surface area contributed by atoms with Crippen molar-refractivity contribution in [1.29, 1.82) is 0 Å². The van der Waals surface area contributed by atoms with Crippen molar-refractivity contribution < 1.29 is 23.8 Å². The van der Waals surface area contributed by atoms with Crippen molar-refractivity contribution in [1.82, 2.24) is 10.3 Å². The average Bonchev–Trinajstić information content (AvgIpc) is 3.41. The Morgan fingerprint density at radius 1 is 1.05 bits per heavy atom. The number of aliphatic carboxylic acids is 1. The van der Waals surface area contributed by atoms with Crippen LogP contribution in [0, 0.1) is 11.7 Å². The Balaban J connectivity index is 1.59. The number of benzene rings is 3. The lowest BCUT2D eigenvalue weighted by molar-refractivity contribution is -0.140. The summed E-state index contributed by atoms with van der Waals surface area (Å²) in [4.78, 5) is 30.6. The second-order valence-corrected chi connectivity index (χ2v) is 9.85. The maximum absolute atomic E-state index is 14.9. The largest absolute Gasteiger partial charge is 0.497 e. The Morgan fingerprint density at radius 3 is 2.34 bits per heavy atom. The van der Waals surface area contributed by atoms with E-state index < -0.39 is 17.9 Å². The molecule has 4 aromatic rings. The van der Waals surface area contributed by atoms with Gasteiger partial charge in [-0.2, -0.15) is 0 Å². The van der Waals surface area contributed by atoms with Crippen LogP contribution >= 0.6 is 11.3 Å². The van der Waals surface area contributed by atoms with Gasteiger partial charge in [-0.1, -0.05) is 38.1 Å². The number of carboxylic acid groups (broad SMARTS) is 1. The van der Waals surface area contributed by atoms with Crippen molar-refractivity contribution >= 4 is 34.0 Å². The van der Waals surface area contributed by atoms with Gasteiger partial charge in [0.1, 0.15) is 17.6 Å². The maximum Gasteiger partial charge on any atom is 0.326 e. The fourth-order valence-corrected chi connectivity index (χ4v) is 4.74. The zero-order chi connectivity index (χ0) is 27.2. The first kappa shape index (κ1) is 26.8. The van der Waals surface area contributed by atoms with Gasteiger partial charge < -0.3 is 20.1 Å². The number of carboxylic acids is 1. The number of hydrogen-bond acceptors (Lipinski definition) is 6. The number of methoxy groups -OCH3 is 1. The third-order valence-corrected chi connectivity index (χ3v) is 6.89. The predicted octanol–water partition coefficient (Wildman–Crippen LogP) is 6.14. The van der Waals surface area contributed by atoms with E-state index in [0.717, 1.165) is 22.6 Å². The van der Waals surface area contributed by atoms with Crippen molar-refractivity contribution in [3.63, 3.8) is 0 Å². The predicted molar refractivity (Wildman–Crippen MR) is 147 cm³/mol. The normalized spacial score (nSPS) is 11.7. The number of nitrogens with zero attached hydrogens (tertiary/aromatic N) is 2.